The van der Waals surface area contributed by atoms with Gasteiger partial charge in [0.05, 0.1) is 5.69 Å². The number of rotatable bonds is 1. The Balaban J connectivity index is 2.28. The van der Waals surface area contributed by atoms with E-state index >= 15 is 0 Å². The van der Waals surface area contributed by atoms with Crippen LogP contribution in [0, 0.1) is 6.92 Å². The van der Waals surface area contributed by atoms with Gasteiger partial charge in [0.15, 0.2) is 0 Å². The number of hydrogen-bond acceptors (Lipinski definition) is 3. The molecule has 1 aliphatic heterocycles. The maximum Gasteiger partial charge on any atom is 0.101 e. The Labute approximate surface area is 77.7 Å². The van der Waals surface area contributed by atoms with Crippen molar-refractivity contribution in [1.82, 2.24) is 9.78 Å². The average molecular weight is 181 g/mol. The molecule has 1 aromatic heterocycles. The van der Waals surface area contributed by atoms with Gasteiger partial charge in [0.2, 0.25) is 0 Å². The summed E-state index contributed by atoms with van der Waals surface area (Å²) >= 11 is 0. The minimum absolute atomic E-state index is 0.0497. The smallest absolute Gasteiger partial charge is 0.101 e. The van der Waals surface area contributed by atoms with E-state index in [9.17, 15) is 0 Å². The van der Waals surface area contributed by atoms with E-state index in [1.54, 1.807) is 4.68 Å². The van der Waals surface area contributed by atoms with Crippen molar-refractivity contribution in [2.45, 2.75) is 25.5 Å². The fourth-order valence-corrected chi connectivity index (χ4v) is 1.82. The van der Waals surface area contributed by atoms with Gasteiger partial charge in [0.1, 0.15) is 6.10 Å². The van der Waals surface area contributed by atoms with Gasteiger partial charge >= 0.3 is 0 Å². The van der Waals surface area contributed by atoms with E-state index in [2.05, 4.69) is 5.10 Å². The van der Waals surface area contributed by atoms with Crippen molar-refractivity contribution in [1.29, 1.82) is 0 Å². The number of aryl methyl sites for hydroxylation is 2. The Hall–Kier alpha value is -0.870. The van der Waals surface area contributed by atoms with E-state index in [4.69, 9.17) is 10.5 Å². The second kappa shape index (κ2) is 3.12. The van der Waals surface area contributed by atoms with Crippen LogP contribution in [0.25, 0.3) is 0 Å². The highest BCUT2D eigenvalue weighted by Crippen LogP contribution is 2.29. The van der Waals surface area contributed by atoms with Crippen LogP contribution in [0.3, 0.4) is 0 Å². The Morgan fingerprint density at radius 1 is 1.69 bits per heavy atom. The van der Waals surface area contributed by atoms with Crippen molar-refractivity contribution in [2.75, 3.05) is 6.61 Å². The molecule has 2 N–H and O–H groups in total. The van der Waals surface area contributed by atoms with E-state index in [1.165, 1.54) is 0 Å². The molecule has 0 aromatic carbocycles. The molecule has 0 saturated carbocycles. The monoisotopic (exact) mass is 181 g/mol. The van der Waals surface area contributed by atoms with Crippen molar-refractivity contribution < 1.29 is 4.74 Å². The van der Waals surface area contributed by atoms with Gasteiger partial charge in [-0.25, -0.2) is 0 Å². The molecule has 4 heteroatoms. The van der Waals surface area contributed by atoms with Gasteiger partial charge in [-0.2, -0.15) is 5.10 Å². The second-order valence-electron chi connectivity index (χ2n) is 3.59. The first kappa shape index (κ1) is 8.72. The van der Waals surface area contributed by atoms with Crippen molar-refractivity contribution >= 4 is 0 Å². The highest BCUT2D eigenvalue weighted by molar-refractivity contribution is 5.21. The molecule has 1 aliphatic rings. The van der Waals surface area contributed by atoms with E-state index < -0.39 is 0 Å². The minimum Gasteiger partial charge on any atom is -0.372 e. The molecule has 0 bridgehead atoms. The molecule has 13 heavy (non-hydrogen) atoms. The third-order valence-electron chi connectivity index (χ3n) is 2.50. The molecule has 1 fully saturated rings. The summed E-state index contributed by atoms with van der Waals surface area (Å²) in [5.74, 6) is 0. The van der Waals surface area contributed by atoms with Crippen molar-refractivity contribution in [2.24, 2.45) is 12.8 Å². The van der Waals surface area contributed by atoms with E-state index in [0.29, 0.717) is 0 Å². The van der Waals surface area contributed by atoms with Gasteiger partial charge in [-0.15, -0.1) is 0 Å². The predicted molar refractivity (Wildman–Crippen MR) is 49.2 cm³/mol. The largest absolute Gasteiger partial charge is 0.372 e. The molecule has 2 heterocycles. The lowest BCUT2D eigenvalue weighted by atomic mass is 10.0. The number of aromatic nitrogens is 2. The first-order valence-electron chi connectivity index (χ1n) is 4.56. The summed E-state index contributed by atoms with van der Waals surface area (Å²) in [6, 6.07) is 0.128. The van der Waals surface area contributed by atoms with Crippen molar-refractivity contribution in [3.8, 4) is 0 Å². The van der Waals surface area contributed by atoms with Gasteiger partial charge in [0, 0.05) is 31.5 Å². The SMILES string of the molecule is Cc1nn(C)cc1C1OCCC1N. The Morgan fingerprint density at radius 3 is 2.92 bits per heavy atom. The van der Waals surface area contributed by atoms with Crippen LogP contribution in [-0.4, -0.2) is 22.4 Å². The van der Waals surface area contributed by atoms with Crippen LogP contribution in [0.1, 0.15) is 23.8 Å². The molecule has 2 rings (SSSR count). The molecular weight excluding hydrogens is 166 g/mol. The third kappa shape index (κ3) is 1.47. The van der Waals surface area contributed by atoms with Crippen molar-refractivity contribution in [3.63, 3.8) is 0 Å². The first-order chi connectivity index (χ1) is 6.18. The van der Waals surface area contributed by atoms with Gasteiger partial charge in [0.25, 0.3) is 0 Å². The molecule has 0 amide bonds. The topological polar surface area (TPSA) is 53.1 Å². The Bertz CT molecular complexity index is 308. The summed E-state index contributed by atoms with van der Waals surface area (Å²) in [6.07, 6.45) is 2.98. The molecule has 1 saturated heterocycles. The predicted octanol–water partition coefficient (Wildman–Crippen LogP) is 0.517. The van der Waals surface area contributed by atoms with E-state index in [0.717, 1.165) is 24.3 Å². The van der Waals surface area contributed by atoms with Crippen LogP contribution in [0.2, 0.25) is 0 Å². The van der Waals surface area contributed by atoms with Crippen LogP contribution in [-0.2, 0) is 11.8 Å². The van der Waals surface area contributed by atoms with Crippen LogP contribution in [0.5, 0.6) is 0 Å². The van der Waals surface area contributed by atoms with Gasteiger partial charge < -0.3 is 10.5 Å². The van der Waals surface area contributed by atoms with Crippen LogP contribution >= 0.6 is 0 Å². The summed E-state index contributed by atoms with van der Waals surface area (Å²) in [7, 11) is 1.91. The number of hydrogen-bond donors (Lipinski definition) is 1. The molecule has 0 spiro atoms. The maximum atomic E-state index is 5.93. The number of nitrogens with two attached hydrogens (primary N) is 1. The molecule has 1 aromatic rings. The standard InChI is InChI=1S/C9H15N3O/c1-6-7(5-12(2)11-6)9-8(10)3-4-13-9/h5,8-9H,3-4,10H2,1-2H3. The van der Waals surface area contributed by atoms with Crippen LogP contribution < -0.4 is 5.73 Å². The quantitative estimate of drug-likeness (QED) is 0.687. The molecule has 0 radical (unpaired) electrons. The van der Waals surface area contributed by atoms with Crippen molar-refractivity contribution in [3.05, 3.63) is 17.5 Å². The Morgan fingerprint density at radius 2 is 2.46 bits per heavy atom. The fraction of sp³-hybridized carbons (Fsp3) is 0.667. The zero-order chi connectivity index (χ0) is 9.42. The minimum atomic E-state index is 0.0497. The average Bonchev–Trinajstić information content (AvgIpc) is 2.58. The summed E-state index contributed by atoms with van der Waals surface area (Å²) in [5, 5.41) is 4.27. The zero-order valence-corrected chi connectivity index (χ0v) is 8.03. The second-order valence-corrected chi connectivity index (χ2v) is 3.59. The molecule has 2 atom stereocenters. The first-order valence-corrected chi connectivity index (χ1v) is 4.56. The van der Waals surface area contributed by atoms with Gasteiger partial charge in [-0.3, -0.25) is 4.68 Å². The summed E-state index contributed by atoms with van der Waals surface area (Å²) in [6.45, 7) is 2.75. The van der Waals surface area contributed by atoms with E-state index in [-0.39, 0.29) is 12.1 Å². The van der Waals surface area contributed by atoms with E-state index in [1.807, 2.05) is 20.2 Å². The van der Waals surface area contributed by atoms with Crippen LogP contribution in [0.4, 0.5) is 0 Å². The highest BCUT2D eigenvalue weighted by Gasteiger charge is 2.28. The Kier molecular flexibility index (Phi) is 2.09. The molecular formula is C9H15N3O. The van der Waals surface area contributed by atoms with Gasteiger partial charge in [-0.1, -0.05) is 0 Å². The summed E-state index contributed by atoms with van der Waals surface area (Å²) in [5.41, 5.74) is 8.08. The lowest BCUT2D eigenvalue weighted by Crippen LogP contribution is -2.23. The summed E-state index contributed by atoms with van der Waals surface area (Å²) in [4.78, 5) is 0. The molecule has 2 unspecified atom stereocenters. The third-order valence-corrected chi connectivity index (χ3v) is 2.50. The fourth-order valence-electron chi connectivity index (χ4n) is 1.82. The normalized spacial score (nSPS) is 28.2. The number of ether oxygens (including phenoxy) is 1. The lowest BCUT2D eigenvalue weighted by Gasteiger charge is -2.12. The zero-order valence-electron chi connectivity index (χ0n) is 8.03. The maximum absolute atomic E-state index is 5.93. The number of nitrogens with zero attached hydrogens (tertiary/aromatic N) is 2. The highest BCUT2D eigenvalue weighted by atomic mass is 16.5. The molecule has 0 aliphatic carbocycles. The van der Waals surface area contributed by atoms with Crippen LogP contribution in [0.15, 0.2) is 6.20 Å². The molecule has 72 valence electrons. The molecule has 4 nitrogen and oxygen atoms in total. The van der Waals surface area contributed by atoms with Gasteiger partial charge in [-0.05, 0) is 13.3 Å². The lowest BCUT2D eigenvalue weighted by molar-refractivity contribution is 0.104. The summed E-state index contributed by atoms with van der Waals surface area (Å²) < 4.78 is 7.37.